The van der Waals surface area contributed by atoms with Crippen molar-refractivity contribution in [3.63, 3.8) is 0 Å². The predicted octanol–water partition coefficient (Wildman–Crippen LogP) is 10.8. The minimum atomic E-state index is -0.867. The van der Waals surface area contributed by atoms with Crippen molar-refractivity contribution >= 4 is 45.3 Å². The van der Waals surface area contributed by atoms with Gasteiger partial charge in [-0.05, 0) is 136 Å². The molecule has 4 heterocycles. The summed E-state index contributed by atoms with van der Waals surface area (Å²) in [4.78, 5) is 40.0. The van der Waals surface area contributed by atoms with E-state index in [1.54, 1.807) is 24.3 Å². The lowest BCUT2D eigenvalue weighted by Gasteiger charge is -2.41. The molecule has 2 N–H and O–H groups in total. The summed E-state index contributed by atoms with van der Waals surface area (Å²) in [6.45, 7) is 13.3. The Bertz CT molecular complexity index is 3710. The normalized spacial score (nSPS) is 15.1. The first-order valence-corrected chi connectivity index (χ1v) is 24.0. The molecule has 10 rings (SSSR count). The van der Waals surface area contributed by atoms with Crippen LogP contribution in [0, 0.1) is 11.8 Å². The number of ether oxygens (including phenoxy) is 2. The molecule has 10 nitrogen and oxygen atoms in total. The van der Waals surface area contributed by atoms with Crippen LogP contribution in [0.25, 0.3) is 50.1 Å². The molecule has 356 valence electrons. The largest absolute Gasteiger partial charge is 0.508 e. The first kappa shape index (κ1) is 46.6. The maximum absolute atomic E-state index is 14.1. The molecule has 1 aliphatic carbocycles. The van der Waals surface area contributed by atoms with E-state index >= 15 is 0 Å². The number of unbranched alkanes of at least 4 members (excludes halogenated alkanes) is 2. The number of allylic oxidation sites excluding steroid dienone is 2. The van der Waals surface area contributed by atoms with Crippen LogP contribution >= 0.6 is 0 Å². The fourth-order valence-electron chi connectivity index (χ4n) is 10.3. The van der Waals surface area contributed by atoms with E-state index in [1.807, 2.05) is 24.3 Å². The number of phenols is 1. The second kappa shape index (κ2) is 17.7. The maximum atomic E-state index is 14.1. The average Bonchev–Trinajstić information content (AvgIpc) is 3.33. The van der Waals surface area contributed by atoms with Crippen molar-refractivity contribution < 1.29 is 33.7 Å². The van der Waals surface area contributed by atoms with Crippen molar-refractivity contribution in [1.82, 2.24) is 4.58 Å². The van der Waals surface area contributed by atoms with Gasteiger partial charge in [-0.3, -0.25) is 9.59 Å². The van der Waals surface area contributed by atoms with E-state index in [1.165, 1.54) is 29.3 Å². The summed E-state index contributed by atoms with van der Waals surface area (Å²) < 4.78 is 21.2. The number of phenolic OH excluding ortho intramolecular Hbond substituents is 1. The molecule has 0 saturated heterocycles. The summed E-state index contributed by atoms with van der Waals surface area (Å²) in [5.74, 6) is 7.06. The lowest BCUT2D eigenvalue weighted by molar-refractivity contribution is -0.137. The Kier molecular flexibility index (Phi) is 11.6. The molecule has 0 spiro atoms. The van der Waals surface area contributed by atoms with E-state index in [0.29, 0.717) is 58.2 Å². The van der Waals surface area contributed by atoms with Crippen LogP contribution in [0.4, 0.5) is 5.69 Å². The number of hydrogen-bond acceptors (Lipinski definition) is 8. The van der Waals surface area contributed by atoms with Crippen LogP contribution in [0.15, 0.2) is 124 Å². The fourth-order valence-corrected chi connectivity index (χ4v) is 10.3. The van der Waals surface area contributed by atoms with Gasteiger partial charge in [0.2, 0.25) is 5.36 Å². The molecule has 5 aliphatic rings. The van der Waals surface area contributed by atoms with Gasteiger partial charge in [-0.1, -0.05) is 36.1 Å². The lowest BCUT2D eigenvalue weighted by Crippen LogP contribution is -2.47. The minimum Gasteiger partial charge on any atom is -0.508 e. The van der Waals surface area contributed by atoms with Gasteiger partial charge in [0, 0.05) is 106 Å². The number of benzene rings is 6. The highest BCUT2D eigenvalue weighted by atomic mass is 16.5. The highest BCUT2D eigenvalue weighted by Crippen LogP contribution is 2.46. The molecule has 0 aromatic heterocycles. The van der Waals surface area contributed by atoms with E-state index in [9.17, 15) is 19.5 Å². The number of aromatic hydroxyl groups is 1. The quantitative estimate of drug-likeness (QED) is 0.0478. The van der Waals surface area contributed by atoms with Gasteiger partial charge >= 0.3 is 11.9 Å². The lowest BCUT2D eigenvalue weighted by atomic mass is 9.84. The Labute approximate surface area is 412 Å². The number of hydrogen-bond donors (Lipinski definition) is 2. The van der Waals surface area contributed by atoms with E-state index in [0.717, 1.165) is 61.2 Å². The van der Waals surface area contributed by atoms with Crippen molar-refractivity contribution in [2.75, 3.05) is 25.6 Å². The van der Waals surface area contributed by atoms with Gasteiger partial charge in [-0.15, -0.1) is 0 Å². The number of rotatable bonds is 9. The zero-order valence-electron chi connectivity index (χ0n) is 41.2. The van der Waals surface area contributed by atoms with E-state index in [2.05, 4.69) is 126 Å². The summed E-state index contributed by atoms with van der Waals surface area (Å²) in [7, 11) is 4.27. The molecule has 0 unspecified atom stereocenters. The first-order valence-electron chi connectivity index (χ1n) is 24.0. The van der Waals surface area contributed by atoms with Gasteiger partial charge in [-0.2, -0.15) is 0 Å². The zero-order chi connectivity index (χ0) is 50.1. The number of esters is 1. The van der Waals surface area contributed by atoms with Gasteiger partial charge in [0.25, 0.3) is 0 Å². The van der Waals surface area contributed by atoms with Gasteiger partial charge in [-0.25, -0.2) is 9.37 Å². The molecule has 5 aromatic carbocycles. The Hall–Kier alpha value is -8.16. The van der Waals surface area contributed by atoms with Crippen LogP contribution in [-0.4, -0.2) is 53.9 Å². The van der Waals surface area contributed by atoms with Crippen molar-refractivity contribution in [3.05, 3.63) is 175 Å². The number of carboxylic acids is 1. The Morgan fingerprint density at radius 3 is 2.25 bits per heavy atom. The van der Waals surface area contributed by atoms with E-state index in [-0.39, 0.29) is 40.8 Å². The monoisotopic (exact) mass is 943 g/mol. The highest BCUT2D eigenvalue weighted by molar-refractivity contribution is 6.08. The van der Waals surface area contributed by atoms with Crippen molar-refractivity contribution in [3.8, 4) is 51.5 Å². The number of carboxylic acid groups (broad SMARTS) is 1. The van der Waals surface area contributed by atoms with E-state index < -0.39 is 11.9 Å². The predicted molar refractivity (Wildman–Crippen MR) is 280 cm³/mol. The Balaban J connectivity index is 1.06. The van der Waals surface area contributed by atoms with Gasteiger partial charge in [0.05, 0.1) is 23.8 Å². The molecule has 0 radical (unpaired) electrons. The molecule has 4 aliphatic heterocycles. The van der Waals surface area contributed by atoms with Gasteiger partial charge in [0.1, 0.15) is 35.6 Å². The fraction of sp³-hybridized carbons (Fsp3) is 0.246. The Morgan fingerprint density at radius 2 is 1.48 bits per heavy atom. The first-order chi connectivity index (χ1) is 33.9. The highest BCUT2D eigenvalue weighted by Gasteiger charge is 2.35. The standard InChI is InChI=1S/C61H54N2O8/c1-35-33-60(3,4)62(7)50-31-54-48(29-45(35)50)57(49-30-46-36(2)34-61(5,6)63(8)51(46)32-55(49)71-54)39-18-15-37(16-19-39)13-14-38-17-22-42(47(26-38)59(68)69-25-11-9-10-12-56(66)67)58-43-23-20-40(64)27-52(43)70-53-28-41(65)21-24-44(53)58/h15-24,26-34H,9-12,25H2,1-8H3,(H-,64,65,66,67)/p+1. The SMILES string of the molecule is CC1=CC(C)(C)N(C)c2cc3c(cc21)C(c1ccc(C#Cc2ccc(-c4c5ccc(=O)cc-5oc5cc(O)ccc45)c(C(=O)OCCCCCC(=O)O)c2)cc1)=c1cc2c(cc1O3)=[N+](C)C(C)(C)C=C2C. The van der Waals surface area contributed by atoms with Crippen LogP contribution in [0.1, 0.15) is 111 Å². The second-order valence-corrected chi connectivity index (χ2v) is 20.0. The number of aliphatic carboxylic acids is 1. The molecule has 0 fully saturated rings. The molecule has 0 amide bonds. The third kappa shape index (κ3) is 8.56. The molecular weight excluding hydrogens is 889 g/mol. The topological polar surface area (TPSA) is 130 Å². The van der Waals surface area contributed by atoms with Crippen molar-refractivity contribution in [2.24, 2.45) is 0 Å². The molecule has 71 heavy (non-hydrogen) atoms. The van der Waals surface area contributed by atoms with Crippen LogP contribution in [-0.2, 0) is 9.53 Å². The van der Waals surface area contributed by atoms with Crippen molar-refractivity contribution in [1.29, 1.82) is 0 Å². The third-order valence-electron chi connectivity index (χ3n) is 14.4. The van der Waals surface area contributed by atoms with E-state index in [4.69, 9.17) is 19.0 Å². The van der Waals surface area contributed by atoms with Gasteiger partial charge in [0.15, 0.2) is 11.0 Å². The molecule has 0 saturated carbocycles. The summed E-state index contributed by atoms with van der Waals surface area (Å²) in [6, 6.07) is 31.8. The maximum Gasteiger partial charge on any atom is 0.338 e. The smallest absolute Gasteiger partial charge is 0.338 e. The third-order valence-corrected chi connectivity index (χ3v) is 14.4. The summed E-state index contributed by atoms with van der Waals surface area (Å²) in [6.07, 6.45) is 6.24. The number of likely N-dealkylation sites (N-methyl/N-ethyl adjacent to an activating group) is 2. The summed E-state index contributed by atoms with van der Waals surface area (Å²) in [5.41, 5.74) is 12.1. The average molecular weight is 944 g/mol. The zero-order valence-corrected chi connectivity index (χ0v) is 41.2. The molecule has 0 atom stereocenters. The number of carbonyl (C=O) groups is 2. The van der Waals surface area contributed by atoms with Crippen LogP contribution < -0.4 is 30.2 Å². The van der Waals surface area contributed by atoms with Crippen LogP contribution in [0.2, 0.25) is 0 Å². The van der Waals surface area contributed by atoms with Gasteiger partial charge < -0.3 is 29.0 Å². The summed E-state index contributed by atoms with van der Waals surface area (Å²) >= 11 is 0. The molecular formula is C61H55N2O8+. The minimum absolute atomic E-state index is 0.0152. The molecule has 5 aromatic rings. The molecule has 0 bridgehead atoms. The molecule has 10 heteroatoms. The number of anilines is 1. The van der Waals surface area contributed by atoms with Crippen molar-refractivity contribution in [2.45, 2.75) is 78.3 Å². The second-order valence-electron chi connectivity index (χ2n) is 20.0. The van der Waals surface area contributed by atoms with Crippen LogP contribution in [0.5, 0.6) is 17.2 Å². The number of nitrogens with zero attached hydrogens (tertiary/aromatic N) is 2. The summed E-state index contributed by atoms with van der Waals surface area (Å²) in [5, 5.41) is 22.2. The number of carbonyl (C=O) groups excluding carboxylic acids is 1. The number of fused-ring (bicyclic) bond motifs is 6. The van der Waals surface area contributed by atoms with Crippen LogP contribution in [0.3, 0.4) is 0 Å². The Morgan fingerprint density at radius 1 is 0.746 bits per heavy atom.